The summed E-state index contributed by atoms with van der Waals surface area (Å²) >= 11 is 6.16. The monoisotopic (exact) mass is 310 g/mol. The highest BCUT2D eigenvalue weighted by molar-refractivity contribution is 6.16. The predicted molar refractivity (Wildman–Crippen MR) is 88.8 cm³/mol. The molecular weight excluding hydrogens is 284 g/mol. The smallest absolute Gasteiger partial charge is 0.158 e. The molecule has 0 N–H and O–H groups in total. The average molecular weight is 311 g/mol. The van der Waals surface area contributed by atoms with E-state index in [0.717, 1.165) is 35.5 Å². The highest BCUT2D eigenvalue weighted by Crippen LogP contribution is 2.31. The molecule has 0 saturated heterocycles. The third-order valence-electron chi connectivity index (χ3n) is 4.55. The fourth-order valence-electron chi connectivity index (χ4n) is 3.36. The number of rotatable bonds is 7. The molecule has 0 saturated carbocycles. The van der Waals surface area contributed by atoms with Gasteiger partial charge in [0, 0.05) is 13.1 Å². The molecule has 0 radical (unpaired) electrons. The lowest BCUT2D eigenvalue weighted by Crippen LogP contribution is -2.19. The largest absolute Gasteiger partial charge is 0.309 e. The van der Waals surface area contributed by atoms with E-state index in [1.165, 1.54) is 12.8 Å². The molecule has 2 aromatic heterocycles. The average Bonchev–Trinajstić information content (AvgIpc) is 2.99. The van der Waals surface area contributed by atoms with Crippen molar-refractivity contribution in [2.75, 3.05) is 0 Å². The number of alkyl halides is 1. The van der Waals surface area contributed by atoms with E-state index >= 15 is 0 Å². The van der Waals surface area contributed by atoms with Crippen LogP contribution in [0.15, 0.2) is 0 Å². The van der Waals surface area contributed by atoms with Crippen LogP contribution in [0.4, 0.5) is 0 Å². The van der Waals surface area contributed by atoms with Crippen LogP contribution < -0.4 is 0 Å². The Morgan fingerprint density at radius 2 is 1.86 bits per heavy atom. The van der Waals surface area contributed by atoms with Crippen LogP contribution in [-0.4, -0.2) is 19.3 Å². The van der Waals surface area contributed by atoms with Gasteiger partial charge in [-0.25, -0.2) is 4.98 Å². The van der Waals surface area contributed by atoms with Crippen molar-refractivity contribution in [2.24, 2.45) is 13.0 Å². The minimum atomic E-state index is 0.392. The zero-order valence-electron chi connectivity index (χ0n) is 13.9. The highest BCUT2D eigenvalue weighted by atomic mass is 35.5. The second kappa shape index (κ2) is 6.82. The van der Waals surface area contributed by atoms with E-state index in [-0.39, 0.29) is 0 Å². The molecule has 0 fully saturated rings. The summed E-state index contributed by atoms with van der Waals surface area (Å²) < 4.78 is 4.29. The Hall–Kier alpha value is -1.03. The molecule has 0 amide bonds. The topological polar surface area (TPSA) is 35.6 Å². The molecular formula is C16H27ClN4. The molecule has 0 spiro atoms. The molecule has 5 heteroatoms. The number of imidazole rings is 1. The Bertz CT molecular complexity index is 595. The summed E-state index contributed by atoms with van der Waals surface area (Å²) in [5.41, 5.74) is 3.25. The van der Waals surface area contributed by atoms with Gasteiger partial charge in [0.25, 0.3) is 0 Å². The lowest BCUT2D eigenvalue weighted by Gasteiger charge is -2.24. The molecule has 1 unspecified atom stereocenters. The number of halogens is 1. The summed E-state index contributed by atoms with van der Waals surface area (Å²) in [5, 5.41) is 4.66. The third-order valence-corrected chi connectivity index (χ3v) is 4.79. The summed E-state index contributed by atoms with van der Waals surface area (Å²) in [6.07, 6.45) is 4.38. The molecule has 0 aromatic carbocycles. The normalized spacial score (nSPS) is 13.5. The maximum atomic E-state index is 6.16. The summed E-state index contributed by atoms with van der Waals surface area (Å²) in [7, 11) is 2.01. The Morgan fingerprint density at radius 3 is 2.38 bits per heavy atom. The van der Waals surface area contributed by atoms with Gasteiger partial charge in [0.05, 0.1) is 11.6 Å². The van der Waals surface area contributed by atoms with Gasteiger partial charge >= 0.3 is 0 Å². The lowest BCUT2D eigenvalue weighted by atomic mass is 9.95. The van der Waals surface area contributed by atoms with Gasteiger partial charge in [-0.05, 0) is 19.3 Å². The molecule has 21 heavy (non-hydrogen) atoms. The Morgan fingerprint density at radius 1 is 1.19 bits per heavy atom. The van der Waals surface area contributed by atoms with Crippen molar-refractivity contribution in [3.63, 3.8) is 0 Å². The van der Waals surface area contributed by atoms with Crippen molar-refractivity contribution in [1.82, 2.24) is 19.3 Å². The molecule has 118 valence electrons. The van der Waals surface area contributed by atoms with Gasteiger partial charge in [-0.3, -0.25) is 4.68 Å². The van der Waals surface area contributed by atoms with Gasteiger partial charge in [-0.1, -0.05) is 40.0 Å². The number of aryl methyl sites for hydroxylation is 2. The second-order valence-electron chi connectivity index (χ2n) is 5.84. The maximum absolute atomic E-state index is 6.16. The number of nitrogens with zero attached hydrogens (tertiary/aromatic N) is 4. The number of hydrogen-bond donors (Lipinski definition) is 0. The van der Waals surface area contributed by atoms with Crippen LogP contribution in [0.3, 0.4) is 0 Å². The van der Waals surface area contributed by atoms with Gasteiger partial charge in [0.1, 0.15) is 11.3 Å². The van der Waals surface area contributed by atoms with E-state index in [9.17, 15) is 0 Å². The molecule has 2 rings (SSSR count). The van der Waals surface area contributed by atoms with Crippen LogP contribution in [0.1, 0.15) is 64.5 Å². The van der Waals surface area contributed by atoms with Gasteiger partial charge in [0.15, 0.2) is 5.65 Å². The Kier molecular flexibility index (Phi) is 5.31. The fraction of sp³-hybridized carbons (Fsp3) is 0.750. The molecule has 2 heterocycles. The molecule has 4 nitrogen and oxygen atoms in total. The first-order valence-electron chi connectivity index (χ1n) is 8.07. The molecule has 0 aliphatic carbocycles. The van der Waals surface area contributed by atoms with Gasteiger partial charge in [-0.2, -0.15) is 5.10 Å². The van der Waals surface area contributed by atoms with E-state index in [0.29, 0.717) is 17.8 Å². The van der Waals surface area contributed by atoms with Gasteiger partial charge < -0.3 is 4.57 Å². The quantitative estimate of drug-likeness (QED) is 0.708. The van der Waals surface area contributed by atoms with Crippen LogP contribution in [0.5, 0.6) is 0 Å². The number of aromatic nitrogens is 4. The van der Waals surface area contributed by atoms with Gasteiger partial charge in [0.2, 0.25) is 0 Å². The van der Waals surface area contributed by atoms with Crippen molar-refractivity contribution in [3.05, 3.63) is 11.5 Å². The third kappa shape index (κ3) is 2.83. The molecule has 1 atom stereocenters. The molecule has 0 aliphatic heterocycles. The number of hydrogen-bond acceptors (Lipinski definition) is 2. The molecule has 0 aliphatic rings. The first kappa shape index (κ1) is 16.3. The van der Waals surface area contributed by atoms with Crippen molar-refractivity contribution < 1.29 is 0 Å². The van der Waals surface area contributed by atoms with Crippen molar-refractivity contribution in [1.29, 1.82) is 0 Å². The maximum Gasteiger partial charge on any atom is 0.158 e. The minimum Gasteiger partial charge on any atom is -0.309 e. The SMILES string of the molecule is CCCc1nn(C)c2c1nc(CCl)n2C(C)C(CC)CC. The first-order valence-corrected chi connectivity index (χ1v) is 8.60. The van der Waals surface area contributed by atoms with E-state index in [4.69, 9.17) is 16.6 Å². The molecule has 2 aromatic rings. The van der Waals surface area contributed by atoms with Crippen LogP contribution in [0.25, 0.3) is 11.2 Å². The van der Waals surface area contributed by atoms with Crippen LogP contribution >= 0.6 is 11.6 Å². The minimum absolute atomic E-state index is 0.392. The van der Waals surface area contributed by atoms with Crippen molar-refractivity contribution in [2.45, 2.75) is 65.3 Å². The fourth-order valence-corrected chi connectivity index (χ4v) is 3.55. The zero-order chi connectivity index (χ0) is 15.6. The van der Waals surface area contributed by atoms with Crippen LogP contribution in [0.2, 0.25) is 0 Å². The number of fused-ring (bicyclic) bond motifs is 1. The summed E-state index contributed by atoms with van der Waals surface area (Å²) in [6, 6.07) is 0.392. The summed E-state index contributed by atoms with van der Waals surface area (Å²) in [6.45, 7) is 8.96. The van der Waals surface area contributed by atoms with E-state index in [2.05, 4.69) is 37.4 Å². The first-order chi connectivity index (χ1) is 10.1. The van der Waals surface area contributed by atoms with Crippen LogP contribution in [0, 0.1) is 5.92 Å². The van der Waals surface area contributed by atoms with E-state index in [1.54, 1.807) is 0 Å². The van der Waals surface area contributed by atoms with Crippen LogP contribution in [-0.2, 0) is 19.3 Å². The Balaban J connectivity index is 2.60. The lowest BCUT2D eigenvalue weighted by molar-refractivity contribution is 0.331. The van der Waals surface area contributed by atoms with E-state index in [1.807, 2.05) is 11.7 Å². The second-order valence-corrected chi connectivity index (χ2v) is 6.11. The van der Waals surface area contributed by atoms with Gasteiger partial charge in [-0.15, -0.1) is 11.6 Å². The summed E-state index contributed by atoms with van der Waals surface area (Å²) in [5.74, 6) is 2.05. The zero-order valence-corrected chi connectivity index (χ0v) is 14.6. The van der Waals surface area contributed by atoms with E-state index < -0.39 is 0 Å². The standard InChI is InChI=1S/C16H27ClN4/c1-6-9-13-15-16(20(5)19-13)21(14(10-17)18-15)11(4)12(7-2)8-3/h11-12H,6-10H2,1-5H3. The van der Waals surface area contributed by atoms with Crippen molar-refractivity contribution >= 4 is 22.8 Å². The Labute approximate surface area is 132 Å². The predicted octanol–water partition coefficient (Wildman–Crippen LogP) is 4.46. The van der Waals surface area contributed by atoms with Crippen molar-refractivity contribution in [3.8, 4) is 0 Å². The summed E-state index contributed by atoms with van der Waals surface area (Å²) in [4.78, 5) is 4.79. The molecule has 0 bridgehead atoms. The highest BCUT2D eigenvalue weighted by Gasteiger charge is 2.25.